The van der Waals surface area contributed by atoms with E-state index in [2.05, 4.69) is 5.32 Å². The van der Waals surface area contributed by atoms with Gasteiger partial charge >= 0.3 is 0 Å². The molecule has 0 atom stereocenters. The van der Waals surface area contributed by atoms with E-state index in [1.807, 2.05) is 0 Å². The molecule has 21 heavy (non-hydrogen) atoms. The van der Waals surface area contributed by atoms with E-state index in [1.165, 1.54) is 24.3 Å². The van der Waals surface area contributed by atoms with Crippen molar-refractivity contribution in [2.45, 2.75) is 25.5 Å². The van der Waals surface area contributed by atoms with Crippen molar-refractivity contribution in [1.29, 1.82) is 0 Å². The fraction of sp³-hybridized carbons (Fsp3) is 0.357. The fourth-order valence-corrected chi connectivity index (χ4v) is 2.10. The summed E-state index contributed by atoms with van der Waals surface area (Å²) in [4.78, 5) is 22.1. The molecule has 110 valence electrons. The number of nitrogens with zero attached hydrogens (tertiary/aromatic N) is 1. The maximum absolute atomic E-state index is 11.7. The van der Waals surface area contributed by atoms with E-state index in [0.29, 0.717) is 16.9 Å². The van der Waals surface area contributed by atoms with E-state index in [4.69, 9.17) is 9.47 Å². The number of benzene rings is 1. The van der Waals surface area contributed by atoms with Crippen LogP contribution >= 0.6 is 0 Å². The Kier molecular flexibility index (Phi) is 3.57. The molecule has 0 spiro atoms. The molecule has 7 heteroatoms. The van der Waals surface area contributed by atoms with Gasteiger partial charge in [-0.3, -0.25) is 14.9 Å². The molecular weight excluding hydrogens is 276 g/mol. The molecule has 1 aliphatic heterocycles. The molecule has 1 saturated carbocycles. The SMILES string of the molecule is O=C(/C=C/c1cc([N+](=O)[O-])cc2c1OCOC2)NC1CC1. The number of nitro groups is 1. The Bertz CT molecular complexity index is 622. The van der Waals surface area contributed by atoms with Crippen LogP contribution in [0.25, 0.3) is 6.08 Å². The minimum atomic E-state index is -0.476. The van der Waals surface area contributed by atoms with Gasteiger partial charge in [0.15, 0.2) is 6.79 Å². The minimum Gasteiger partial charge on any atom is -0.467 e. The number of nitro benzene ring substituents is 1. The first-order chi connectivity index (χ1) is 10.1. The van der Waals surface area contributed by atoms with Crippen LogP contribution in [0.3, 0.4) is 0 Å². The predicted octanol–water partition coefficient (Wildman–Crippen LogP) is 1.75. The van der Waals surface area contributed by atoms with Crippen LogP contribution in [-0.4, -0.2) is 23.7 Å². The molecule has 1 heterocycles. The third-order valence-electron chi connectivity index (χ3n) is 3.27. The molecule has 0 aromatic heterocycles. The number of hydrogen-bond acceptors (Lipinski definition) is 5. The molecule has 1 aromatic rings. The third kappa shape index (κ3) is 3.19. The van der Waals surface area contributed by atoms with Crippen LogP contribution in [0.1, 0.15) is 24.0 Å². The van der Waals surface area contributed by atoms with Gasteiger partial charge in [0.2, 0.25) is 5.91 Å². The van der Waals surface area contributed by atoms with Gasteiger partial charge in [-0.2, -0.15) is 0 Å². The van der Waals surface area contributed by atoms with Crippen LogP contribution in [0.4, 0.5) is 5.69 Å². The number of non-ortho nitro benzene ring substituents is 1. The standard InChI is InChI=1S/C14H14N2O5/c17-13(15-11-2-3-11)4-1-9-5-12(16(18)19)6-10-7-20-8-21-14(9)10/h1,4-6,11H,2-3,7-8H2,(H,15,17)/b4-1+. The highest BCUT2D eigenvalue weighted by Crippen LogP contribution is 2.33. The lowest BCUT2D eigenvalue weighted by atomic mass is 10.1. The Balaban J connectivity index is 1.87. The average molecular weight is 290 g/mol. The maximum Gasteiger partial charge on any atom is 0.270 e. The van der Waals surface area contributed by atoms with Gasteiger partial charge < -0.3 is 14.8 Å². The second kappa shape index (κ2) is 5.53. The van der Waals surface area contributed by atoms with E-state index in [9.17, 15) is 14.9 Å². The normalized spacial score (nSPS) is 17.1. The summed E-state index contributed by atoms with van der Waals surface area (Å²) < 4.78 is 10.5. The summed E-state index contributed by atoms with van der Waals surface area (Å²) in [6.07, 6.45) is 4.92. The van der Waals surface area contributed by atoms with Crippen molar-refractivity contribution in [2.75, 3.05) is 6.79 Å². The Hall–Kier alpha value is -2.41. The average Bonchev–Trinajstić information content (AvgIpc) is 3.28. The van der Waals surface area contributed by atoms with E-state index >= 15 is 0 Å². The van der Waals surface area contributed by atoms with Gasteiger partial charge in [0.1, 0.15) is 5.75 Å². The largest absolute Gasteiger partial charge is 0.467 e. The number of carbonyl (C=O) groups is 1. The number of carbonyl (C=O) groups excluding carboxylic acids is 1. The summed E-state index contributed by atoms with van der Waals surface area (Å²) in [5.74, 6) is 0.326. The number of nitrogens with one attached hydrogen (secondary N) is 1. The first-order valence-electron chi connectivity index (χ1n) is 6.64. The van der Waals surface area contributed by atoms with E-state index in [0.717, 1.165) is 12.8 Å². The summed E-state index contributed by atoms with van der Waals surface area (Å²) in [5, 5.41) is 13.8. The Morgan fingerprint density at radius 1 is 1.43 bits per heavy atom. The molecule has 1 amide bonds. The van der Waals surface area contributed by atoms with Crippen LogP contribution in [-0.2, 0) is 16.1 Å². The van der Waals surface area contributed by atoms with E-state index in [1.54, 1.807) is 0 Å². The molecule has 1 aliphatic carbocycles. The predicted molar refractivity (Wildman–Crippen MR) is 73.6 cm³/mol. The minimum absolute atomic E-state index is 0.0508. The Morgan fingerprint density at radius 3 is 2.95 bits per heavy atom. The zero-order chi connectivity index (χ0) is 14.8. The second-order valence-electron chi connectivity index (χ2n) is 5.01. The molecule has 3 rings (SSSR count). The van der Waals surface area contributed by atoms with Crippen molar-refractivity contribution in [3.8, 4) is 5.75 Å². The molecule has 7 nitrogen and oxygen atoms in total. The van der Waals surface area contributed by atoms with Gasteiger partial charge in [-0.15, -0.1) is 0 Å². The van der Waals surface area contributed by atoms with Gasteiger partial charge in [0, 0.05) is 35.4 Å². The fourth-order valence-electron chi connectivity index (χ4n) is 2.10. The summed E-state index contributed by atoms with van der Waals surface area (Å²) in [7, 11) is 0. The lowest BCUT2D eigenvalue weighted by Crippen LogP contribution is -2.22. The van der Waals surface area contributed by atoms with Crippen LogP contribution in [0.15, 0.2) is 18.2 Å². The van der Waals surface area contributed by atoms with E-state index < -0.39 is 4.92 Å². The summed E-state index contributed by atoms with van der Waals surface area (Å²) in [6.45, 7) is 0.353. The summed E-state index contributed by atoms with van der Waals surface area (Å²) in [5.41, 5.74) is 1.07. The lowest BCUT2D eigenvalue weighted by molar-refractivity contribution is -0.385. The maximum atomic E-state index is 11.7. The van der Waals surface area contributed by atoms with Crippen molar-refractivity contribution in [2.24, 2.45) is 0 Å². The van der Waals surface area contributed by atoms with Crippen molar-refractivity contribution < 1.29 is 19.2 Å². The highest BCUT2D eigenvalue weighted by atomic mass is 16.7. The number of amides is 1. The molecule has 2 aliphatic rings. The number of hydrogen-bond donors (Lipinski definition) is 1. The Labute approximate surface area is 120 Å². The first kappa shape index (κ1) is 13.6. The van der Waals surface area contributed by atoms with Crippen LogP contribution in [0.2, 0.25) is 0 Å². The number of fused-ring (bicyclic) bond motifs is 1. The lowest BCUT2D eigenvalue weighted by Gasteiger charge is -2.19. The molecule has 0 radical (unpaired) electrons. The zero-order valence-electron chi connectivity index (χ0n) is 11.2. The topological polar surface area (TPSA) is 90.7 Å². The van der Waals surface area contributed by atoms with Gasteiger partial charge in [0.05, 0.1) is 11.5 Å². The molecule has 0 bridgehead atoms. The first-order valence-corrected chi connectivity index (χ1v) is 6.64. The van der Waals surface area contributed by atoms with Crippen molar-refractivity contribution >= 4 is 17.7 Å². The highest BCUT2D eigenvalue weighted by molar-refractivity contribution is 5.92. The van der Waals surface area contributed by atoms with Gasteiger partial charge in [0.25, 0.3) is 5.69 Å². The van der Waals surface area contributed by atoms with Crippen molar-refractivity contribution in [1.82, 2.24) is 5.32 Å². The van der Waals surface area contributed by atoms with Gasteiger partial charge in [-0.05, 0) is 18.9 Å². The zero-order valence-corrected chi connectivity index (χ0v) is 11.2. The van der Waals surface area contributed by atoms with Crippen LogP contribution in [0, 0.1) is 10.1 Å². The molecule has 0 saturated heterocycles. The molecule has 0 unspecified atom stereocenters. The van der Waals surface area contributed by atoms with Crippen molar-refractivity contribution in [3.63, 3.8) is 0 Å². The molecular formula is C14H14N2O5. The quantitative estimate of drug-likeness (QED) is 0.518. The summed E-state index contributed by atoms with van der Waals surface area (Å²) in [6, 6.07) is 3.09. The molecule has 1 fully saturated rings. The van der Waals surface area contributed by atoms with Gasteiger partial charge in [-0.25, -0.2) is 0 Å². The van der Waals surface area contributed by atoms with E-state index in [-0.39, 0.29) is 31.0 Å². The third-order valence-corrected chi connectivity index (χ3v) is 3.27. The smallest absolute Gasteiger partial charge is 0.270 e. The summed E-state index contributed by atoms with van der Waals surface area (Å²) >= 11 is 0. The number of ether oxygens (including phenoxy) is 2. The Morgan fingerprint density at radius 2 is 2.24 bits per heavy atom. The van der Waals surface area contributed by atoms with Crippen molar-refractivity contribution in [3.05, 3.63) is 39.4 Å². The van der Waals surface area contributed by atoms with Gasteiger partial charge in [-0.1, -0.05) is 0 Å². The van der Waals surface area contributed by atoms with Crippen LogP contribution in [0.5, 0.6) is 5.75 Å². The molecule has 1 N–H and O–H groups in total. The number of rotatable bonds is 4. The monoisotopic (exact) mass is 290 g/mol. The van der Waals surface area contributed by atoms with Crippen LogP contribution < -0.4 is 10.1 Å². The highest BCUT2D eigenvalue weighted by Gasteiger charge is 2.23. The second-order valence-corrected chi connectivity index (χ2v) is 5.01. The molecule has 1 aromatic carbocycles.